The number of hydrogen-bond acceptors (Lipinski definition) is 7. The average Bonchev–Trinajstić information content (AvgIpc) is 2.85. The maximum Gasteiger partial charge on any atom is 0.410 e. The lowest BCUT2D eigenvalue weighted by Gasteiger charge is -2.24. The van der Waals surface area contributed by atoms with Crippen molar-refractivity contribution in [2.45, 2.75) is 49.0 Å². The molecule has 6 nitrogen and oxygen atoms in total. The van der Waals surface area contributed by atoms with E-state index in [0.717, 1.165) is 9.35 Å². The Hall–Kier alpha value is -0.860. The Labute approximate surface area is 126 Å². The first kappa shape index (κ1) is 15.5. The third kappa shape index (κ3) is 4.07. The number of hydrogen-bond donors (Lipinski definition) is 1. The van der Waals surface area contributed by atoms with E-state index in [1.54, 1.807) is 4.90 Å². The zero-order valence-electron chi connectivity index (χ0n) is 12.0. The van der Waals surface area contributed by atoms with Crippen LogP contribution < -0.4 is 0 Å². The number of ether oxygens (including phenoxy) is 1. The van der Waals surface area contributed by atoms with Crippen LogP contribution in [0.3, 0.4) is 0 Å². The Bertz CT molecular complexity index is 487. The molecule has 1 fully saturated rings. The van der Waals surface area contributed by atoms with Crippen LogP contribution in [0.4, 0.5) is 4.79 Å². The summed E-state index contributed by atoms with van der Waals surface area (Å²) in [5.74, 6) is 0. The molecule has 1 saturated heterocycles. The molecule has 1 amide bonds. The summed E-state index contributed by atoms with van der Waals surface area (Å²) in [5, 5.41) is 18.8. The van der Waals surface area contributed by atoms with Gasteiger partial charge in [-0.05, 0) is 27.7 Å². The summed E-state index contributed by atoms with van der Waals surface area (Å²) >= 11 is 2.96. The highest BCUT2D eigenvalue weighted by Gasteiger charge is 2.37. The molecule has 2 atom stereocenters. The second kappa shape index (κ2) is 5.87. The Morgan fingerprint density at radius 3 is 2.70 bits per heavy atom. The van der Waals surface area contributed by atoms with Gasteiger partial charge in [-0.15, -0.1) is 10.2 Å². The molecule has 1 aliphatic heterocycles. The summed E-state index contributed by atoms with van der Waals surface area (Å²) in [7, 11) is 0. The van der Waals surface area contributed by atoms with Gasteiger partial charge in [0.05, 0.1) is 17.9 Å². The van der Waals surface area contributed by atoms with Crippen LogP contribution in [0.2, 0.25) is 0 Å². The van der Waals surface area contributed by atoms with E-state index in [9.17, 15) is 9.90 Å². The van der Waals surface area contributed by atoms with Crippen molar-refractivity contribution in [3.05, 3.63) is 5.01 Å². The molecular formula is C12H19N3O3S2. The Kier molecular flexibility index (Phi) is 4.55. The molecule has 0 saturated carbocycles. The number of aliphatic hydroxyl groups is 1. The Morgan fingerprint density at radius 1 is 1.45 bits per heavy atom. The van der Waals surface area contributed by atoms with Crippen LogP contribution in [0.25, 0.3) is 0 Å². The monoisotopic (exact) mass is 317 g/mol. The number of aromatic nitrogens is 2. The summed E-state index contributed by atoms with van der Waals surface area (Å²) in [4.78, 5) is 13.5. The van der Waals surface area contributed by atoms with E-state index in [-0.39, 0.29) is 11.3 Å². The fourth-order valence-corrected chi connectivity index (χ4v) is 3.99. The van der Waals surface area contributed by atoms with Gasteiger partial charge >= 0.3 is 6.09 Å². The quantitative estimate of drug-likeness (QED) is 0.898. The Morgan fingerprint density at radius 2 is 2.15 bits per heavy atom. The number of carbonyl (C=O) groups is 1. The number of thioether (sulfide) groups is 1. The molecule has 112 valence electrons. The van der Waals surface area contributed by atoms with Crippen molar-refractivity contribution >= 4 is 29.2 Å². The molecule has 1 aromatic rings. The number of nitrogens with zero attached hydrogens (tertiary/aromatic N) is 3. The molecule has 8 heteroatoms. The highest BCUT2D eigenvalue weighted by atomic mass is 32.2. The smallest absolute Gasteiger partial charge is 0.410 e. The van der Waals surface area contributed by atoms with Gasteiger partial charge in [-0.3, -0.25) is 0 Å². The second-order valence-electron chi connectivity index (χ2n) is 5.70. The SMILES string of the molecule is Cc1nnc(S[C@@H]2CN(C(=O)OC(C)(C)C)C[C@H]2O)s1. The first-order chi connectivity index (χ1) is 9.24. The van der Waals surface area contributed by atoms with Gasteiger partial charge in [-0.1, -0.05) is 23.1 Å². The maximum absolute atomic E-state index is 12.0. The van der Waals surface area contributed by atoms with Gasteiger partial charge in [0.1, 0.15) is 10.6 Å². The van der Waals surface area contributed by atoms with Gasteiger partial charge in [0, 0.05) is 6.54 Å². The van der Waals surface area contributed by atoms with Gasteiger partial charge in [-0.2, -0.15) is 0 Å². The third-order valence-corrected chi connectivity index (χ3v) is 4.87. The lowest BCUT2D eigenvalue weighted by atomic mass is 10.2. The predicted molar refractivity (Wildman–Crippen MR) is 78.1 cm³/mol. The van der Waals surface area contributed by atoms with Gasteiger partial charge in [0.2, 0.25) is 0 Å². The number of carbonyl (C=O) groups excluding carboxylic acids is 1. The zero-order valence-corrected chi connectivity index (χ0v) is 13.6. The van der Waals surface area contributed by atoms with E-state index in [1.165, 1.54) is 23.1 Å². The van der Waals surface area contributed by atoms with Crippen LogP contribution in [0, 0.1) is 6.92 Å². The van der Waals surface area contributed by atoms with Crippen LogP contribution in [-0.2, 0) is 4.74 Å². The van der Waals surface area contributed by atoms with Crippen molar-refractivity contribution in [1.82, 2.24) is 15.1 Å². The average molecular weight is 317 g/mol. The van der Waals surface area contributed by atoms with E-state index in [2.05, 4.69) is 10.2 Å². The molecular weight excluding hydrogens is 298 g/mol. The predicted octanol–water partition coefficient (Wildman–Crippen LogP) is 1.92. The van der Waals surface area contributed by atoms with E-state index in [4.69, 9.17) is 4.74 Å². The molecule has 0 bridgehead atoms. The number of likely N-dealkylation sites (tertiary alicyclic amines) is 1. The first-order valence-electron chi connectivity index (χ1n) is 6.37. The van der Waals surface area contributed by atoms with Crippen molar-refractivity contribution in [2.75, 3.05) is 13.1 Å². The highest BCUT2D eigenvalue weighted by molar-refractivity contribution is 8.01. The van der Waals surface area contributed by atoms with Crippen molar-refractivity contribution in [1.29, 1.82) is 0 Å². The fraction of sp³-hybridized carbons (Fsp3) is 0.750. The minimum atomic E-state index is -0.572. The zero-order chi connectivity index (χ0) is 14.9. The van der Waals surface area contributed by atoms with Crippen LogP contribution in [0.15, 0.2) is 4.34 Å². The molecule has 20 heavy (non-hydrogen) atoms. The summed E-state index contributed by atoms with van der Waals surface area (Å²) in [5.41, 5.74) is -0.524. The van der Waals surface area contributed by atoms with Crippen LogP contribution >= 0.6 is 23.1 Å². The molecule has 2 heterocycles. The first-order valence-corrected chi connectivity index (χ1v) is 8.07. The van der Waals surface area contributed by atoms with Crippen LogP contribution in [0.5, 0.6) is 0 Å². The number of β-amino-alcohol motifs (C(OH)–C–C–N with tert-alkyl or cyclic N) is 1. The number of aryl methyl sites for hydroxylation is 1. The molecule has 2 rings (SSSR count). The van der Waals surface area contributed by atoms with E-state index in [0.29, 0.717) is 13.1 Å². The minimum Gasteiger partial charge on any atom is -0.444 e. The standard InChI is InChI=1S/C12H19N3O3S2/c1-7-13-14-10(19-7)20-9-6-15(5-8(9)16)11(17)18-12(2,3)4/h8-9,16H,5-6H2,1-4H3/t8-,9-/m1/s1. The van der Waals surface area contributed by atoms with Crippen LogP contribution in [-0.4, -0.2) is 56.3 Å². The maximum atomic E-state index is 12.0. The van der Waals surface area contributed by atoms with E-state index < -0.39 is 11.7 Å². The van der Waals surface area contributed by atoms with Gasteiger partial charge < -0.3 is 14.7 Å². The largest absolute Gasteiger partial charge is 0.444 e. The minimum absolute atomic E-state index is 0.0881. The van der Waals surface area contributed by atoms with Crippen molar-refractivity contribution in [3.8, 4) is 0 Å². The normalized spacial score (nSPS) is 23.1. The molecule has 0 spiro atoms. The third-order valence-electron chi connectivity index (χ3n) is 2.65. The molecule has 1 aromatic heterocycles. The van der Waals surface area contributed by atoms with Gasteiger partial charge in [0.25, 0.3) is 0 Å². The summed E-state index contributed by atoms with van der Waals surface area (Å²) in [6.45, 7) is 8.12. The molecule has 1 N–H and O–H groups in total. The van der Waals surface area contributed by atoms with Crippen LogP contribution in [0.1, 0.15) is 25.8 Å². The molecule has 0 unspecified atom stereocenters. The summed E-state index contributed by atoms with van der Waals surface area (Å²) < 4.78 is 6.13. The van der Waals surface area contributed by atoms with Crippen molar-refractivity contribution in [3.63, 3.8) is 0 Å². The van der Waals surface area contributed by atoms with Gasteiger partial charge in [0.15, 0.2) is 4.34 Å². The fourth-order valence-electron chi connectivity index (χ4n) is 1.80. The number of rotatable bonds is 2. The summed E-state index contributed by atoms with van der Waals surface area (Å²) in [6, 6.07) is 0. The number of aliphatic hydroxyl groups excluding tert-OH is 1. The second-order valence-corrected chi connectivity index (χ2v) is 8.36. The lowest BCUT2D eigenvalue weighted by molar-refractivity contribution is 0.0270. The van der Waals surface area contributed by atoms with Gasteiger partial charge in [-0.25, -0.2) is 4.79 Å². The Balaban J connectivity index is 1.93. The highest BCUT2D eigenvalue weighted by Crippen LogP contribution is 2.32. The van der Waals surface area contributed by atoms with Crippen molar-refractivity contribution < 1.29 is 14.6 Å². The lowest BCUT2D eigenvalue weighted by Crippen LogP contribution is -2.35. The molecule has 0 aliphatic carbocycles. The van der Waals surface area contributed by atoms with Crippen molar-refractivity contribution in [2.24, 2.45) is 0 Å². The number of amides is 1. The summed E-state index contributed by atoms with van der Waals surface area (Å²) in [6.07, 6.45) is -0.954. The van der Waals surface area contributed by atoms with E-state index in [1.807, 2.05) is 27.7 Å². The molecule has 0 radical (unpaired) electrons. The molecule has 0 aromatic carbocycles. The van der Waals surface area contributed by atoms with E-state index >= 15 is 0 Å². The molecule has 1 aliphatic rings. The topological polar surface area (TPSA) is 75.6 Å².